The fourth-order valence-electron chi connectivity index (χ4n) is 4.67. The number of fused-ring (bicyclic) bond motifs is 1. The van der Waals surface area contributed by atoms with Crippen molar-refractivity contribution in [3.05, 3.63) is 68.6 Å². The van der Waals surface area contributed by atoms with Crippen molar-refractivity contribution in [2.75, 3.05) is 13.1 Å². The number of hydrogen-bond donors (Lipinski definition) is 1. The fourth-order valence-corrected chi connectivity index (χ4v) is 4.67. The Kier molecular flexibility index (Phi) is 5.26. The molecule has 6 nitrogen and oxygen atoms in total. The second kappa shape index (κ2) is 7.85. The maximum Gasteiger partial charge on any atom is 0.335 e. The van der Waals surface area contributed by atoms with Crippen molar-refractivity contribution in [3.8, 4) is 0 Å². The lowest BCUT2D eigenvalue weighted by Crippen LogP contribution is -2.42. The molecular weight excluding hydrogens is 368 g/mol. The third kappa shape index (κ3) is 3.71. The van der Waals surface area contributed by atoms with Crippen LogP contribution in [0.3, 0.4) is 0 Å². The van der Waals surface area contributed by atoms with Gasteiger partial charge in [-0.2, -0.15) is 0 Å². The molecule has 1 aliphatic heterocycles. The Morgan fingerprint density at radius 2 is 1.90 bits per heavy atom. The molecule has 1 N–H and O–H groups in total. The van der Waals surface area contributed by atoms with Crippen LogP contribution in [0.15, 0.2) is 35.1 Å². The van der Waals surface area contributed by atoms with Crippen molar-refractivity contribution in [2.24, 2.45) is 7.05 Å². The molecule has 1 aromatic carbocycles. The van der Waals surface area contributed by atoms with Crippen LogP contribution < -0.4 is 5.56 Å². The van der Waals surface area contributed by atoms with Crippen molar-refractivity contribution >= 4 is 11.9 Å². The van der Waals surface area contributed by atoms with Crippen LogP contribution in [0.5, 0.6) is 0 Å². The molecule has 1 saturated heterocycles. The summed E-state index contributed by atoms with van der Waals surface area (Å²) in [6.07, 6.45) is 5.70. The zero-order valence-electron chi connectivity index (χ0n) is 16.7. The number of carboxylic acids is 1. The van der Waals surface area contributed by atoms with Crippen LogP contribution in [0, 0.1) is 0 Å². The molecule has 1 fully saturated rings. The molecule has 0 bridgehead atoms. The average molecular weight is 394 g/mol. The molecule has 6 heteroatoms. The van der Waals surface area contributed by atoms with Gasteiger partial charge in [0.25, 0.3) is 11.5 Å². The van der Waals surface area contributed by atoms with E-state index in [1.807, 2.05) is 12.1 Å². The van der Waals surface area contributed by atoms with Gasteiger partial charge in [-0.05, 0) is 67.9 Å². The van der Waals surface area contributed by atoms with Gasteiger partial charge < -0.3 is 14.6 Å². The zero-order valence-corrected chi connectivity index (χ0v) is 16.7. The molecule has 0 radical (unpaired) electrons. The van der Waals surface area contributed by atoms with Crippen LogP contribution in [-0.2, 0) is 19.9 Å². The number of nitrogens with zero attached hydrogens (tertiary/aromatic N) is 2. The van der Waals surface area contributed by atoms with Crippen LogP contribution in [0.4, 0.5) is 0 Å². The summed E-state index contributed by atoms with van der Waals surface area (Å²) in [7, 11) is 1.76. The number of carboxylic acid groups (broad SMARTS) is 1. The third-order valence-corrected chi connectivity index (χ3v) is 6.28. The Morgan fingerprint density at radius 3 is 2.69 bits per heavy atom. The van der Waals surface area contributed by atoms with E-state index in [1.54, 1.807) is 34.7 Å². The van der Waals surface area contributed by atoms with E-state index in [4.69, 9.17) is 0 Å². The summed E-state index contributed by atoms with van der Waals surface area (Å²) >= 11 is 0. The minimum absolute atomic E-state index is 0.0773. The number of benzene rings is 1. The van der Waals surface area contributed by atoms with E-state index in [0.29, 0.717) is 13.1 Å². The smallest absolute Gasteiger partial charge is 0.335 e. The van der Waals surface area contributed by atoms with Crippen molar-refractivity contribution in [1.82, 2.24) is 9.47 Å². The quantitative estimate of drug-likeness (QED) is 0.868. The van der Waals surface area contributed by atoms with Crippen LogP contribution in [-0.4, -0.2) is 39.5 Å². The number of aromatic carboxylic acids is 1. The maximum absolute atomic E-state index is 13.2. The molecule has 152 valence electrons. The summed E-state index contributed by atoms with van der Waals surface area (Å²) in [5.74, 6) is -1.08. The van der Waals surface area contributed by atoms with Crippen LogP contribution in [0.2, 0.25) is 0 Å². The molecule has 2 heterocycles. The summed E-state index contributed by atoms with van der Waals surface area (Å²) in [6.45, 7) is 1.12. The van der Waals surface area contributed by atoms with Crippen molar-refractivity contribution < 1.29 is 14.7 Å². The number of amides is 1. The van der Waals surface area contributed by atoms with E-state index in [1.165, 1.54) is 0 Å². The summed E-state index contributed by atoms with van der Waals surface area (Å²) in [4.78, 5) is 39.1. The number of hydrogen-bond acceptors (Lipinski definition) is 3. The molecule has 1 amide bonds. The second-order valence-electron chi connectivity index (χ2n) is 8.12. The first-order valence-electron chi connectivity index (χ1n) is 10.3. The lowest BCUT2D eigenvalue weighted by atomic mass is 9.89. The first kappa shape index (κ1) is 19.4. The summed E-state index contributed by atoms with van der Waals surface area (Å²) < 4.78 is 1.65. The van der Waals surface area contributed by atoms with E-state index in [9.17, 15) is 19.5 Å². The Balaban J connectivity index is 1.60. The van der Waals surface area contributed by atoms with Gasteiger partial charge in [-0.25, -0.2) is 4.79 Å². The molecule has 1 aromatic heterocycles. The minimum atomic E-state index is -0.951. The van der Waals surface area contributed by atoms with Gasteiger partial charge in [-0.1, -0.05) is 12.1 Å². The van der Waals surface area contributed by atoms with Gasteiger partial charge >= 0.3 is 5.97 Å². The highest BCUT2D eigenvalue weighted by molar-refractivity contribution is 5.94. The highest BCUT2D eigenvalue weighted by atomic mass is 16.4. The normalized spacial score (nSPS) is 18.9. The minimum Gasteiger partial charge on any atom is -0.478 e. The third-order valence-electron chi connectivity index (χ3n) is 6.28. The van der Waals surface area contributed by atoms with E-state index < -0.39 is 5.97 Å². The Bertz CT molecular complexity index is 1020. The fraction of sp³-hybridized carbons (Fsp3) is 0.435. The van der Waals surface area contributed by atoms with Crippen LogP contribution >= 0.6 is 0 Å². The van der Waals surface area contributed by atoms with Gasteiger partial charge in [-0.15, -0.1) is 0 Å². The molecule has 2 aromatic rings. The van der Waals surface area contributed by atoms with Crippen molar-refractivity contribution in [2.45, 2.75) is 44.4 Å². The number of likely N-dealkylation sites (tertiary alicyclic amines) is 1. The van der Waals surface area contributed by atoms with Crippen molar-refractivity contribution in [3.63, 3.8) is 0 Å². The number of carbonyl (C=O) groups excluding carboxylic acids is 1. The first-order valence-corrected chi connectivity index (χ1v) is 10.3. The lowest BCUT2D eigenvalue weighted by molar-refractivity contribution is 0.0687. The van der Waals surface area contributed by atoms with Gasteiger partial charge in [-0.3, -0.25) is 9.59 Å². The monoisotopic (exact) mass is 394 g/mol. The lowest BCUT2D eigenvalue weighted by Gasteiger charge is -2.33. The summed E-state index contributed by atoms with van der Waals surface area (Å²) in [5.41, 5.74) is 3.40. The Labute approximate surface area is 169 Å². The average Bonchev–Trinajstić information content (AvgIpc) is 2.76. The number of piperidine rings is 1. The van der Waals surface area contributed by atoms with Crippen LogP contribution in [0.25, 0.3) is 0 Å². The van der Waals surface area contributed by atoms with E-state index in [2.05, 4.69) is 0 Å². The zero-order chi connectivity index (χ0) is 20.5. The first-order chi connectivity index (χ1) is 14.0. The number of pyridine rings is 1. The Morgan fingerprint density at radius 1 is 1.10 bits per heavy atom. The van der Waals surface area contributed by atoms with E-state index in [-0.39, 0.29) is 28.5 Å². The largest absolute Gasteiger partial charge is 0.478 e. The predicted molar refractivity (Wildman–Crippen MR) is 110 cm³/mol. The van der Waals surface area contributed by atoms with E-state index >= 15 is 0 Å². The standard InChI is InChI=1S/C23H26N2O4/c1-24-20-10-3-2-6-16(20)13-19(21(24)26)22(27)25-11-5-9-18(14-25)15-7-4-8-17(12-15)23(28)29/h4,7-8,12-13,18H,2-3,5-6,9-11,14H2,1H3,(H,28,29)/t18-/m0/s1. The molecule has 0 spiro atoms. The van der Waals surface area contributed by atoms with Gasteiger partial charge in [0, 0.05) is 31.7 Å². The van der Waals surface area contributed by atoms with Crippen LogP contribution in [0.1, 0.15) is 69.1 Å². The van der Waals surface area contributed by atoms with Gasteiger partial charge in [0.1, 0.15) is 5.56 Å². The molecular formula is C23H26N2O4. The highest BCUT2D eigenvalue weighted by Gasteiger charge is 2.28. The topological polar surface area (TPSA) is 79.6 Å². The number of rotatable bonds is 3. The summed E-state index contributed by atoms with van der Waals surface area (Å²) in [5, 5.41) is 9.25. The SMILES string of the molecule is Cn1c2c(cc(C(=O)N3CCC[C@H](c4cccc(C(=O)O)c4)C3)c1=O)CCCC2. The second-order valence-corrected chi connectivity index (χ2v) is 8.12. The molecule has 1 atom stereocenters. The van der Waals surface area contributed by atoms with Gasteiger partial charge in [0.15, 0.2) is 0 Å². The van der Waals surface area contributed by atoms with Gasteiger partial charge in [0.2, 0.25) is 0 Å². The molecule has 0 unspecified atom stereocenters. The van der Waals surface area contributed by atoms with E-state index in [0.717, 1.165) is 55.3 Å². The molecule has 4 rings (SSSR count). The Hall–Kier alpha value is -2.89. The predicted octanol–water partition coefficient (Wildman–Crippen LogP) is 2.98. The maximum atomic E-state index is 13.2. The molecule has 2 aliphatic rings. The van der Waals surface area contributed by atoms with Crippen molar-refractivity contribution in [1.29, 1.82) is 0 Å². The number of aryl methyl sites for hydroxylation is 1. The highest BCUT2D eigenvalue weighted by Crippen LogP contribution is 2.28. The number of carbonyl (C=O) groups is 2. The molecule has 29 heavy (non-hydrogen) atoms. The number of aromatic nitrogens is 1. The molecule has 0 saturated carbocycles. The molecule has 1 aliphatic carbocycles. The summed E-state index contributed by atoms with van der Waals surface area (Å²) in [6, 6.07) is 8.75. The van der Waals surface area contributed by atoms with Gasteiger partial charge in [0.05, 0.1) is 5.56 Å².